The summed E-state index contributed by atoms with van der Waals surface area (Å²) in [6.45, 7) is 5.00. The number of urea groups is 1. The van der Waals surface area contributed by atoms with Crippen LogP contribution in [0.15, 0.2) is 59.6 Å². The average molecular weight is 423 g/mol. The van der Waals surface area contributed by atoms with Gasteiger partial charge in [0.15, 0.2) is 5.96 Å². The molecule has 1 saturated heterocycles. The minimum absolute atomic E-state index is 0.00930. The lowest BCUT2D eigenvalue weighted by atomic mass is 10.2. The molecular formula is C23H30N6O2. The molecule has 2 aromatic carbocycles. The van der Waals surface area contributed by atoms with Crippen LogP contribution < -0.4 is 26.2 Å². The third kappa shape index (κ3) is 6.47. The van der Waals surface area contributed by atoms with Crippen molar-refractivity contribution in [2.24, 2.45) is 4.99 Å². The molecule has 1 aliphatic heterocycles. The van der Waals surface area contributed by atoms with Gasteiger partial charge in [0.2, 0.25) is 5.91 Å². The number of nitrogens with one attached hydrogen (secondary N) is 4. The van der Waals surface area contributed by atoms with E-state index in [0.717, 1.165) is 16.9 Å². The van der Waals surface area contributed by atoms with E-state index in [0.29, 0.717) is 25.5 Å². The van der Waals surface area contributed by atoms with Crippen molar-refractivity contribution in [2.75, 3.05) is 23.8 Å². The zero-order valence-corrected chi connectivity index (χ0v) is 18.2. The Hall–Kier alpha value is -3.55. The van der Waals surface area contributed by atoms with E-state index >= 15 is 0 Å². The number of rotatable bonds is 6. The standard InChI is InChI=1S/C23H30N6O2/c1-16(2)26-23(31)28-18-11-9-17(10-12-18)14-25-22(24-3)27-19-13-21(30)29(15-19)20-7-5-4-6-8-20/h4-12,16,19H,13-15H2,1-3H3,(H2,24,25,27)(H2,26,28,31). The first-order valence-electron chi connectivity index (χ1n) is 10.4. The Kier molecular flexibility index (Phi) is 7.48. The Morgan fingerprint density at radius 1 is 1.13 bits per heavy atom. The second-order valence-corrected chi connectivity index (χ2v) is 7.76. The smallest absolute Gasteiger partial charge is 0.319 e. The number of anilines is 2. The summed E-state index contributed by atoms with van der Waals surface area (Å²) in [6.07, 6.45) is 0.425. The molecule has 8 heteroatoms. The van der Waals surface area contributed by atoms with Gasteiger partial charge in [-0.15, -0.1) is 0 Å². The van der Waals surface area contributed by atoms with Crippen molar-refractivity contribution >= 4 is 29.3 Å². The number of hydrogen-bond acceptors (Lipinski definition) is 3. The van der Waals surface area contributed by atoms with E-state index in [1.54, 1.807) is 11.9 Å². The molecule has 0 radical (unpaired) electrons. The average Bonchev–Trinajstić information content (AvgIpc) is 3.12. The molecule has 0 spiro atoms. The fourth-order valence-electron chi connectivity index (χ4n) is 3.37. The number of carbonyl (C=O) groups excluding carboxylic acids is 2. The lowest BCUT2D eigenvalue weighted by Crippen LogP contribution is -2.44. The molecule has 4 N–H and O–H groups in total. The molecular weight excluding hydrogens is 392 g/mol. The summed E-state index contributed by atoms with van der Waals surface area (Å²) in [5.41, 5.74) is 2.69. The van der Waals surface area contributed by atoms with Gasteiger partial charge >= 0.3 is 6.03 Å². The number of para-hydroxylation sites is 1. The highest BCUT2D eigenvalue weighted by molar-refractivity contribution is 5.97. The number of nitrogens with zero attached hydrogens (tertiary/aromatic N) is 2. The monoisotopic (exact) mass is 422 g/mol. The molecule has 2 aromatic rings. The summed E-state index contributed by atoms with van der Waals surface area (Å²) < 4.78 is 0. The Balaban J connectivity index is 1.48. The van der Waals surface area contributed by atoms with Crippen molar-refractivity contribution in [1.29, 1.82) is 0 Å². The first-order chi connectivity index (χ1) is 14.9. The van der Waals surface area contributed by atoms with Gasteiger partial charge in [-0.1, -0.05) is 30.3 Å². The maximum Gasteiger partial charge on any atom is 0.319 e. The van der Waals surface area contributed by atoms with Crippen LogP contribution in [0.2, 0.25) is 0 Å². The van der Waals surface area contributed by atoms with Gasteiger partial charge in [-0.25, -0.2) is 4.79 Å². The molecule has 3 rings (SSSR count). The lowest BCUT2D eigenvalue weighted by Gasteiger charge is -2.19. The highest BCUT2D eigenvalue weighted by Crippen LogP contribution is 2.21. The molecule has 0 saturated carbocycles. The van der Waals surface area contributed by atoms with Crippen LogP contribution in [0.5, 0.6) is 0 Å². The molecule has 1 atom stereocenters. The zero-order valence-electron chi connectivity index (χ0n) is 18.2. The van der Waals surface area contributed by atoms with Crippen LogP contribution >= 0.6 is 0 Å². The minimum Gasteiger partial charge on any atom is -0.352 e. The van der Waals surface area contributed by atoms with Crippen LogP contribution in [0.1, 0.15) is 25.8 Å². The van der Waals surface area contributed by atoms with Crippen molar-refractivity contribution in [3.05, 3.63) is 60.2 Å². The maximum absolute atomic E-state index is 12.4. The molecule has 0 aromatic heterocycles. The van der Waals surface area contributed by atoms with Crippen molar-refractivity contribution in [1.82, 2.24) is 16.0 Å². The Morgan fingerprint density at radius 3 is 2.48 bits per heavy atom. The van der Waals surface area contributed by atoms with Crippen molar-refractivity contribution < 1.29 is 9.59 Å². The van der Waals surface area contributed by atoms with E-state index < -0.39 is 0 Å². The molecule has 0 aliphatic carbocycles. The SMILES string of the molecule is CN=C(NCc1ccc(NC(=O)NC(C)C)cc1)NC1CC(=O)N(c2ccccc2)C1. The van der Waals surface area contributed by atoms with E-state index in [1.165, 1.54) is 0 Å². The fraction of sp³-hybridized carbons (Fsp3) is 0.348. The topological polar surface area (TPSA) is 97.9 Å². The molecule has 164 valence electrons. The molecule has 1 unspecified atom stereocenters. The molecule has 8 nitrogen and oxygen atoms in total. The van der Waals surface area contributed by atoms with E-state index in [-0.39, 0.29) is 24.0 Å². The van der Waals surface area contributed by atoms with Gasteiger partial charge in [0, 0.05) is 44.0 Å². The zero-order chi connectivity index (χ0) is 22.2. The van der Waals surface area contributed by atoms with Gasteiger partial charge in [-0.3, -0.25) is 9.79 Å². The normalized spacial score (nSPS) is 16.4. The summed E-state index contributed by atoms with van der Waals surface area (Å²) in [5.74, 6) is 0.745. The number of carbonyl (C=O) groups is 2. The molecule has 3 amide bonds. The van der Waals surface area contributed by atoms with Crippen molar-refractivity contribution in [2.45, 2.75) is 38.9 Å². The van der Waals surface area contributed by atoms with Crippen LogP contribution in [0.25, 0.3) is 0 Å². The lowest BCUT2D eigenvalue weighted by molar-refractivity contribution is -0.117. The largest absolute Gasteiger partial charge is 0.352 e. The third-order valence-electron chi connectivity index (χ3n) is 4.85. The van der Waals surface area contributed by atoms with Crippen LogP contribution in [-0.2, 0) is 11.3 Å². The van der Waals surface area contributed by atoms with Gasteiger partial charge in [0.1, 0.15) is 0 Å². The number of amides is 3. The van der Waals surface area contributed by atoms with E-state index in [9.17, 15) is 9.59 Å². The number of benzene rings is 2. The first kappa shape index (κ1) is 22.1. The van der Waals surface area contributed by atoms with Crippen LogP contribution in [0.3, 0.4) is 0 Å². The number of hydrogen-bond donors (Lipinski definition) is 4. The van der Waals surface area contributed by atoms with Crippen molar-refractivity contribution in [3.63, 3.8) is 0 Å². The van der Waals surface area contributed by atoms with Crippen LogP contribution in [-0.4, -0.2) is 43.6 Å². The highest BCUT2D eigenvalue weighted by atomic mass is 16.2. The predicted octanol–water partition coefficient (Wildman–Crippen LogP) is 2.69. The van der Waals surface area contributed by atoms with Crippen LogP contribution in [0.4, 0.5) is 16.2 Å². The summed E-state index contributed by atoms with van der Waals surface area (Å²) in [7, 11) is 1.71. The van der Waals surface area contributed by atoms with Gasteiger partial charge in [-0.05, 0) is 43.7 Å². The number of guanidine groups is 1. The van der Waals surface area contributed by atoms with Crippen molar-refractivity contribution in [3.8, 4) is 0 Å². The maximum atomic E-state index is 12.4. The number of aliphatic imine (C=N–C) groups is 1. The molecule has 0 bridgehead atoms. The second-order valence-electron chi connectivity index (χ2n) is 7.76. The summed E-state index contributed by atoms with van der Waals surface area (Å²) in [5, 5.41) is 12.2. The Morgan fingerprint density at radius 2 is 1.84 bits per heavy atom. The molecule has 1 aliphatic rings. The van der Waals surface area contributed by atoms with E-state index in [4.69, 9.17) is 0 Å². The summed E-state index contributed by atoms with van der Waals surface area (Å²) >= 11 is 0. The summed E-state index contributed by atoms with van der Waals surface area (Å²) in [6, 6.07) is 17.2. The fourth-order valence-corrected chi connectivity index (χ4v) is 3.37. The molecule has 1 fully saturated rings. The minimum atomic E-state index is -0.221. The first-order valence-corrected chi connectivity index (χ1v) is 10.4. The van der Waals surface area contributed by atoms with Crippen LogP contribution in [0, 0.1) is 0 Å². The Bertz CT molecular complexity index is 911. The van der Waals surface area contributed by atoms with E-state index in [2.05, 4.69) is 26.3 Å². The van der Waals surface area contributed by atoms with Gasteiger partial charge < -0.3 is 26.2 Å². The third-order valence-corrected chi connectivity index (χ3v) is 4.85. The summed E-state index contributed by atoms with van der Waals surface area (Å²) in [4.78, 5) is 30.2. The Labute approximate surface area is 183 Å². The molecule has 31 heavy (non-hydrogen) atoms. The molecule has 1 heterocycles. The quantitative estimate of drug-likeness (QED) is 0.425. The van der Waals surface area contributed by atoms with Gasteiger partial charge in [0.25, 0.3) is 0 Å². The highest BCUT2D eigenvalue weighted by Gasteiger charge is 2.31. The second kappa shape index (κ2) is 10.5. The van der Waals surface area contributed by atoms with Gasteiger partial charge in [-0.2, -0.15) is 0 Å². The van der Waals surface area contributed by atoms with E-state index in [1.807, 2.05) is 68.4 Å². The predicted molar refractivity (Wildman–Crippen MR) is 124 cm³/mol. The van der Waals surface area contributed by atoms with Gasteiger partial charge in [0.05, 0.1) is 6.04 Å².